The fourth-order valence-electron chi connectivity index (χ4n) is 11.5. The highest BCUT2D eigenvalue weighted by Gasteiger charge is 2.85. The number of nitrogens with one attached hydrogen (secondary N) is 4. The maximum absolute atomic E-state index is 15.2. The number of piperidine rings is 1. The maximum atomic E-state index is 15.2. The summed E-state index contributed by atoms with van der Waals surface area (Å²) >= 11 is 0. The molecule has 56 heavy (non-hydrogen) atoms. The van der Waals surface area contributed by atoms with E-state index in [1.165, 1.54) is 0 Å². The van der Waals surface area contributed by atoms with Crippen molar-refractivity contribution in [2.45, 2.75) is 200 Å². The van der Waals surface area contributed by atoms with Gasteiger partial charge in [0.2, 0.25) is 29.4 Å². The molecule has 0 aromatic rings. The summed E-state index contributed by atoms with van der Waals surface area (Å²) in [6.07, 6.45) is 13.8. The molecule has 2 heterocycles. The molecule has 4 N–H and O–H groups in total. The van der Waals surface area contributed by atoms with Gasteiger partial charge in [0, 0.05) is 24.0 Å². The standard InChI is InChI=1S/C44H72N6O6/c1-9-16-30(34(51)39(55)45-29-20-21-29)46-37(53)32-25-44(42(7,8)43(44)22-15-23-43)26-50(32)40(56)35(41(4,5)6)48-38(54)33(28-17-11-10-12-18-28)47-36(52)31-19-13-14-24-49(31)27(2)3/h27-33,35H,9-26H2,1-8H3,(H,45,55)(H,46,53)(H,47,52)(H,48,54)/t30-,31-,32-,33-,35+,44+/m0/s1. The number of nitrogens with zero attached hydrogens (tertiary/aromatic N) is 2. The van der Waals surface area contributed by atoms with E-state index < -0.39 is 47.2 Å². The third kappa shape index (κ3) is 7.90. The van der Waals surface area contributed by atoms with E-state index in [0.29, 0.717) is 25.8 Å². The molecule has 4 saturated carbocycles. The van der Waals surface area contributed by atoms with Crippen LogP contribution in [0.4, 0.5) is 0 Å². The van der Waals surface area contributed by atoms with Crippen LogP contribution in [-0.4, -0.2) is 101 Å². The van der Waals surface area contributed by atoms with Crippen LogP contribution in [0.25, 0.3) is 0 Å². The van der Waals surface area contributed by atoms with Gasteiger partial charge in [0.25, 0.3) is 5.91 Å². The van der Waals surface area contributed by atoms with E-state index in [0.717, 1.165) is 90.0 Å². The van der Waals surface area contributed by atoms with Crippen molar-refractivity contribution < 1.29 is 28.8 Å². The van der Waals surface area contributed by atoms with Gasteiger partial charge >= 0.3 is 0 Å². The van der Waals surface area contributed by atoms with E-state index in [9.17, 15) is 24.0 Å². The largest absolute Gasteiger partial charge is 0.347 e. The minimum atomic E-state index is -0.988. The van der Waals surface area contributed by atoms with Crippen LogP contribution in [0.2, 0.25) is 0 Å². The quantitative estimate of drug-likeness (QED) is 0.185. The van der Waals surface area contributed by atoms with Crippen LogP contribution in [-0.2, 0) is 28.8 Å². The van der Waals surface area contributed by atoms with E-state index in [1.54, 1.807) is 4.90 Å². The molecule has 5 amide bonds. The molecule has 0 bridgehead atoms. The van der Waals surface area contributed by atoms with Crippen LogP contribution in [0.5, 0.6) is 0 Å². The average Bonchev–Trinajstić information content (AvgIpc) is 3.96. The van der Waals surface area contributed by atoms with Crippen molar-refractivity contribution in [3.05, 3.63) is 0 Å². The van der Waals surface area contributed by atoms with Gasteiger partial charge in [-0.25, -0.2) is 0 Å². The highest BCUT2D eigenvalue weighted by atomic mass is 16.2. The Morgan fingerprint density at radius 1 is 0.768 bits per heavy atom. The molecule has 6 aliphatic rings. The zero-order chi connectivity index (χ0) is 40.8. The van der Waals surface area contributed by atoms with Crippen LogP contribution in [0.15, 0.2) is 0 Å². The molecular weight excluding hydrogens is 709 g/mol. The summed E-state index contributed by atoms with van der Waals surface area (Å²) in [6.45, 7) is 17.7. The second-order valence-corrected chi connectivity index (χ2v) is 20.3. The highest BCUT2D eigenvalue weighted by molar-refractivity contribution is 6.38. The Bertz CT molecular complexity index is 1520. The molecule has 0 aromatic carbocycles. The number of fused-ring (bicyclic) bond motifs is 1. The minimum absolute atomic E-state index is 0.0144. The zero-order valence-corrected chi connectivity index (χ0v) is 35.7. The van der Waals surface area contributed by atoms with E-state index in [1.807, 2.05) is 27.7 Å². The average molecular weight is 781 g/mol. The van der Waals surface area contributed by atoms with E-state index in [2.05, 4.69) is 53.9 Å². The number of hydrogen-bond acceptors (Lipinski definition) is 7. The van der Waals surface area contributed by atoms with Crippen molar-refractivity contribution in [3.8, 4) is 0 Å². The Balaban J connectivity index is 1.26. The van der Waals surface area contributed by atoms with Crippen LogP contribution in [0.1, 0.15) is 158 Å². The summed E-state index contributed by atoms with van der Waals surface area (Å²) in [5.41, 5.74) is -1.04. The first-order chi connectivity index (χ1) is 26.4. The van der Waals surface area contributed by atoms with Crippen molar-refractivity contribution >= 4 is 35.3 Å². The molecular formula is C44H72N6O6. The van der Waals surface area contributed by atoms with Crippen molar-refractivity contribution in [1.29, 1.82) is 0 Å². The summed E-state index contributed by atoms with van der Waals surface area (Å²) in [4.78, 5) is 88.4. The van der Waals surface area contributed by atoms with Crippen LogP contribution >= 0.6 is 0 Å². The zero-order valence-electron chi connectivity index (χ0n) is 35.7. The Morgan fingerprint density at radius 2 is 1.41 bits per heavy atom. The lowest BCUT2D eigenvalue weighted by molar-refractivity contribution is -0.146. The third-order valence-corrected chi connectivity index (χ3v) is 15.4. The smallest absolute Gasteiger partial charge is 0.289 e. The van der Waals surface area contributed by atoms with Gasteiger partial charge in [0.15, 0.2) is 0 Å². The second kappa shape index (κ2) is 16.3. The minimum Gasteiger partial charge on any atom is -0.347 e. The van der Waals surface area contributed by atoms with Gasteiger partial charge in [-0.15, -0.1) is 0 Å². The van der Waals surface area contributed by atoms with Gasteiger partial charge < -0.3 is 26.2 Å². The Hall–Kier alpha value is -3.02. The summed E-state index contributed by atoms with van der Waals surface area (Å²) in [6, 6.07) is -3.67. The Labute approximate surface area is 335 Å². The molecule has 4 aliphatic carbocycles. The summed E-state index contributed by atoms with van der Waals surface area (Å²) in [7, 11) is 0. The van der Waals surface area contributed by atoms with E-state index in [4.69, 9.17) is 0 Å². The van der Waals surface area contributed by atoms with Gasteiger partial charge in [-0.3, -0.25) is 33.7 Å². The SMILES string of the molecule is CCC[C@H](NC(=O)[C@@H]1C[C@@]2(CN1C(=O)[C@@H](NC(=O)[C@@H](NC(=O)[C@@H]1CCCCN1C(C)C)C1CCCCC1)C(C)(C)C)C(C)(C)C21CCC1)C(=O)C(=O)NC1CC1. The normalized spacial score (nSPS) is 28.9. The molecule has 0 radical (unpaired) electrons. The summed E-state index contributed by atoms with van der Waals surface area (Å²) < 4.78 is 0. The number of amides is 5. The molecule has 12 heteroatoms. The van der Waals surface area contributed by atoms with Gasteiger partial charge in [-0.1, -0.05) is 80.1 Å². The van der Waals surface area contributed by atoms with Crippen molar-refractivity contribution in [3.63, 3.8) is 0 Å². The van der Waals surface area contributed by atoms with E-state index in [-0.39, 0.29) is 58.0 Å². The summed E-state index contributed by atoms with van der Waals surface area (Å²) in [5.74, 6) is -2.58. The lowest BCUT2D eigenvalue weighted by Crippen LogP contribution is -2.63. The number of likely N-dealkylation sites (tertiary alicyclic amines) is 2. The van der Waals surface area contributed by atoms with E-state index >= 15 is 4.79 Å². The molecule has 6 fully saturated rings. The first-order valence-corrected chi connectivity index (χ1v) is 22.2. The number of hydrogen-bond donors (Lipinski definition) is 4. The monoisotopic (exact) mass is 781 g/mol. The van der Waals surface area contributed by atoms with Crippen molar-refractivity contribution in [2.75, 3.05) is 13.1 Å². The molecule has 6 atom stereocenters. The lowest BCUT2D eigenvalue weighted by Gasteiger charge is -2.40. The molecule has 2 saturated heterocycles. The van der Waals surface area contributed by atoms with Gasteiger partial charge in [0.05, 0.1) is 12.1 Å². The fraction of sp³-hybridized carbons (Fsp3) is 0.864. The molecule has 2 spiro atoms. The number of carbonyl (C=O) groups is 6. The van der Waals surface area contributed by atoms with Crippen molar-refractivity contribution in [1.82, 2.24) is 31.1 Å². The molecule has 12 nitrogen and oxygen atoms in total. The Morgan fingerprint density at radius 3 is 1.96 bits per heavy atom. The van der Waals surface area contributed by atoms with Crippen LogP contribution in [0.3, 0.4) is 0 Å². The molecule has 2 aliphatic heterocycles. The number of carbonyl (C=O) groups excluding carboxylic acids is 6. The van der Waals surface area contributed by atoms with Crippen LogP contribution < -0.4 is 21.3 Å². The van der Waals surface area contributed by atoms with Crippen LogP contribution in [0, 0.1) is 27.6 Å². The summed E-state index contributed by atoms with van der Waals surface area (Å²) in [5, 5.41) is 12.1. The van der Waals surface area contributed by atoms with Gasteiger partial charge in [0.1, 0.15) is 18.1 Å². The highest BCUT2D eigenvalue weighted by Crippen LogP contribution is 2.88. The third-order valence-electron chi connectivity index (χ3n) is 15.4. The maximum Gasteiger partial charge on any atom is 0.289 e. The number of ketones is 1. The molecule has 6 rings (SSSR count). The topological polar surface area (TPSA) is 157 Å². The second-order valence-electron chi connectivity index (χ2n) is 20.3. The predicted octanol–water partition coefficient (Wildman–Crippen LogP) is 4.78. The van der Waals surface area contributed by atoms with Gasteiger partial charge in [-0.2, -0.15) is 0 Å². The predicted molar refractivity (Wildman–Crippen MR) is 215 cm³/mol. The first-order valence-electron chi connectivity index (χ1n) is 22.2. The molecule has 314 valence electrons. The fourth-order valence-corrected chi connectivity index (χ4v) is 11.5. The van der Waals surface area contributed by atoms with Crippen molar-refractivity contribution in [2.24, 2.45) is 27.6 Å². The Kier molecular flexibility index (Phi) is 12.4. The van der Waals surface area contributed by atoms with Gasteiger partial charge in [-0.05, 0) is 107 Å². The lowest BCUT2D eigenvalue weighted by atomic mass is 9.73. The first kappa shape index (κ1) is 42.6. The number of rotatable bonds is 14. The molecule has 0 aromatic heterocycles. The molecule has 0 unspecified atom stereocenters. The number of Topliss-reactive ketones (excluding diaryl/α,β-unsaturated/α-hetero) is 1.